The van der Waals surface area contributed by atoms with Crippen LogP contribution in [0.4, 0.5) is 26.9 Å². The van der Waals surface area contributed by atoms with Gasteiger partial charge in [0, 0.05) is 52.5 Å². The van der Waals surface area contributed by atoms with Crippen molar-refractivity contribution >= 4 is 29.4 Å². The Kier molecular flexibility index (Phi) is 8.98. The number of likely N-dealkylation sites (tertiary alicyclic amines) is 1. The van der Waals surface area contributed by atoms with Crippen LogP contribution in [0.2, 0.25) is 0 Å². The number of carbonyl (C=O) groups excluding carboxylic acids is 2. The lowest BCUT2D eigenvalue weighted by Crippen LogP contribution is -2.50. The number of aliphatic hydroxyl groups is 1. The van der Waals surface area contributed by atoms with Gasteiger partial charge in [-0.1, -0.05) is 0 Å². The lowest BCUT2D eigenvalue weighted by molar-refractivity contribution is 0.0184. The van der Waals surface area contributed by atoms with Crippen molar-refractivity contribution in [3.63, 3.8) is 0 Å². The van der Waals surface area contributed by atoms with Crippen LogP contribution < -0.4 is 21.3 Å². The van der Waals surface area contributed by atoms with Gasteiger partial charge in [-0.15, -0.1) is 0 Å². The number of nitrogens with zero attached hydrogens (tertiary/aromatic N) is 7. The van der Waals surface area contributed by atoms with Crippen LogP contribution >= 0.6 is 0 Å². The molecule has 5 N–H and O–H groups in total. The van der Waals surface area contributed by atoms with E-state index >= 15 is 0 Å². The van der Waals surface area contributed by atoms with E-state index in [1.165, 1.54) is 4.90 Å². The Morgan fingerprint density at radius 1 is 1.18 bits per heavy atom. The fraction of sp³-hybridized carbons (Fsp3) is 0.654. The molecule has 0 aliphatic carbocycles. The van der Waals surface area contributed by atoms with Crippen molar-refractivity contribution in [2.24, 2.45) is 5.73 Å². The van der Waals surface area contributed by atoms with Gasteiger partial charge in [0.05, 0.1) is 24.1 Å². The van der Waals surface area contributed by atoms with Crippen molar-refractivity contribution in [2.75, 3.05) is 50.5 Å². The number of urea groups is 1. The second-order valence-electron chi connectivity index (χ2n) is 11.6. The van der Waals surface area contributed by atoms with Crippen molar-refractivity contribution in [1.82, 2.24) is 34.9 Å². The molecule has 0 radical (unpaired) electrons. The molecule has 0 aromatic carbocycles. The zero-order chi connectivity index (χ0) is 29.0. The quantitative estimate of drug-likeness (QED) is 0.386. The highest BCUT2D eigenvalue weighted by Crippen LogP contribution is 2.28. The van der Waals surface area contributed by atoms with Crippen molar-refractivity contribution < 1.29 is 19.4 Å². The van der Waals surface area contributed by atoms with Crippen LogP contribution in [0.1, 0.15) is 64.4 Å². The number of aromatic nitrogens is 4. The number of hydrogen-bond acceptors (Lipinski definition) is 10. The fourth-order valence-corrected chi connectivity index (χ4v) is 4.84. The third kappa shape index (κ3) is 7.50. The minimum absolute atomic E-state index is 0.0124. The molecule has 14 heteroatoms. The number of piperidine rings is 2. The summed E-state index contributed by atoms with van der Waals surface area (Å²) in [5.41, 5.74) is 6.16. The van der Waals surface area contributed by atoms with Crippen molar-refractivity contribution in [3.8, 4) is 0 Å². The monoisotopic (exact) mass is 558 g/mol. The Bertz CT molecular complexity index is 1170. The van der Waals surface area contributed by atoms with Gasteiger partial charge in [0.2, 0.25) is 0 Å². The topological polar surface area (TPSA) is 167 Å². The molecule has 3 amide bonds. The van der Waals surface area contributed by atoms with Gasteiger partial charge >= 0.3 is 12.1 Å². The lowest BCUT2D eigenvalue weighted by atomic mass is 10.1. The molecular weight excluding hydrogens is 516 g/mol. The Labute approximate surface area is 234 Å². The molecule has 4 heterocycles. The van der Waals surface area contributed by atoms with Crippen molar-refractivity contribution in [2.45, 2.75) is 70.4 Å². The van der Waals surface area contributed by atoms with Gasteiger partial charge in [-0.25, -0.2) is 19.6 Å². The molecule has 40 heavy (non-hydrogen) atoms. The first-order valence-electron chi connectivity index (χ1n) is 13.7. The molecule has 1 unspecified atom stereocenters. The molecule has 4 rings (SSSR count). The summed E-state index contributed by atoms with van der Waals surface area (Å²) in [6.45, 7) is 8.13. The molecule has 0 spiro atoms. The summed E-state index contributed by atoms with van der Waals surface area (Å²) in [5, 5.41) is 20.9. The molecule has 2 atom stereocenters. The highest BCUT2D eigenvalue weighted by molar-refractivity contribution is 5.74. The highest BCUT2D eigenvalue weighted by atomic mass is 16.6. The van der Waals surface area contributed by atoms with E-state index in [0.29, 0.717) is 37.0 Å². The van der Waals surface area contributed by atoms with Gasteiger partial charge in [-0.2, -0.15) is 5.10 Å². The predicted molar refractivity (Wildman–Crippen MR) is 150 cm³/mol. The lowest BCUT2D eigenvalue weighted by Gasteiger charge is -2.34. The second kappa shape index (κ2) is 12.3. The average molecular weight is 559 g/mol. The first-order chi connectivity index (χ1) is 18.9. The molecule has 220 valence electrons. The van der Waals surface area contributed by atoms with E-state index in [9.17, 15) is 14.7 Å². The van der Waals surface area contributed by atoms with E-state index < -0.39 is 11.8 Å². The van der Waals surface area contributed by atoms with Gasteiger partial charge in [0.15, 0.2) is 5.82 Å². The average Bonchev–Trinajstić information content (AvgIpc) is 3.36. The summed E-state index contributed by atoms with van der Waals surface area (Å²) in [4.78, 5) is 39.0. The smallest absolute Gasteiger partial charge is 0.410 e. The third-order valence-electron chi connectivity index (χ3n) is 6.90. The largest absolute Gasteiger partial charge is 0.444 e. The maximum absolute atomic E-state index is 12.4. The minimum Gasteiger partial charge on any atom is -0.444 e. The summed E-state index contributed by atoms with van der Waals surface area (Å²) in [5.74, 6) is 0.962. The molecule has 2 aromatic rings. The maximum atomic E-state index is 12.4. The number of nitrogens with one attached hydrogen (secondary N) is 2. The van der Waals surface area contributed by atoms with E-state index in [-0.39, 0.29) is 29.9 Å². The fourth-order valence-electron chi connectivity index (χ4n) is 4.84. The van der Waals surface area contributed by atoms with Crippen LogP contribution in [-0.4, -0.2) is 98.7 Å². The Balaban J connectivity index is 1.42. The number of carbonyl (C=O) groups is 2. The van der Waals surface area contributed by atoms with E-state index in [0.717, 1.165) is 32.2 Å². The molecule has 0 bridgehead atoms. The summed E-state index contributed by atoms with van der Waals surface area (Å²) in [6, 6.07) is -0.00935. The molecule has 0 saturated carbocycles. The van der Waals surface area contributed by atoms with Crippen LogP contribution in [-0.2, 0) is 4.74 Å². The molecule has 2 aliphatic heterocycles. The van der Waals surface area contributed by atoms with Gasteiger partial charge in [-0.3, -0.25) is 4.68 Å². The van der Waals surface area contributed by atoms with E-state index in [2.05, 4.69) is 25.6 Å². The number of anilines is 3. The predicted octanol–water partition coefficient (Wildman–Crippen LogP) is 2.18. The number of hydrogen-bond donors (Lipinski definition) is 4. The summed E-state index contributed by atoms with van der Waals surface area (Å²) in [6.07, 6.45) is 6.83. The first kappa shape index (κ1) is 29.3. The van der Waals surface area contributed by atoms with Crippen LogP contribution in [0, 0.1) is 0 Å². The molecular formula is C26H42N10O4. The van der Waals surface area contributed by atoms with Gasteiger partial charge < -0.3 is 40.9 Å². The molecule has 2 aromatic heterocycles. The van der Waals surface area contributed by atoms with E-state index in [1.54, 1.807) is 31.4 Å². The molecule has 2 aliphatic rings. The Morgan fingerprint density at radius 2 is 1.90 bits per heavy atom. The van der Waals surface area contributed by atoms with Gasteiger partial charge in [0.1, 0.15) is 23.3 Å². The van der Waals surface area contributed by atoms with E-state index in [1.807, 2.05) is 31.6 Å². The van der Waals surface area contributed by atoms with Gasteiger partial charge in [0.25, 0.3) is 0 Å². The first-order valence-corrected chi connectivity index (χ1v) is 13.7. The standard InChI is InChI=1S/C26H42N10O4/c1-26(2,3)40-25(39)34-11-8-19(9-12-34)36-16-18(13-29-36)30-23-21(22(27)37)28-14-20(32-23)35-10-6-7-17(15-35)31-24(38)33(4)5/h13-14,16-17,19,22,37H,6-12,15,27H2,1-5H3,(H,30,32)(H,31,38)/t17-,22?/m1/s1. The summed E-state index contributed by atoms with van der Waals surface area (Å²) >= 11 is 0. The normalized spacial score (nSPS) is 19.2. The molecule has 2 fully saturated rings. The third-order valence-corrected chi connectivity index (χ3v) is 6.90. The number of amides is 3. The maximum Gasteiger partial charge on any atom is 0.410 e. The summed E-state index contributed by atoms with van der Waals surface area (Å²) < 4.78 is 7.37. The Hall–Kier alpha value is -3.65. The zero-order valence-corrected chi connectivity index (χ0v) is 24.0. The molecule has 14 nitrogen and oxygen atoms in total. The van der Waals surface area contributed by atoms with Gasteiger partial charge in [-0.05, 0) is 46.5 Å². The minimum atomic E-state index is -1.32. The number of ether oxygens (including phenoxy) is 1. The van der Waals surface area contributed by atoms with Crippen LogP contribution in [0.5, 0.6) is 0 Å². The number of aliphatic hydroxyl groups excluding tert-OH is 1. The van der Waals surface area contributed by atoms with E-state index in [4.69, 9.17) is 15.5 Å². The summed E-state index contributed by atoms with van der Waals surface area (Å²) in [7, 11) is 3.43. The highest BCUT2D eigenvalue weighted by Gasteiger charge is 2.28. The Morgan fingerprint density at radius 3 is 2.55 bits per heavy atom. The van der Waals surface area contributed by atoms with Crippen molar-refractivity contribution in [1.29, 1.82) is 0 Å². The van der Waals surface area contributed by atoms with Crippen LogP contribution in [0.15, 0.2) is 18.6 Å². The van der Waals surface area contributed by atoms with Crippen LogP contribution in [0.25, 0.3) is 0 Å². The van der Waals surface area contributed by atoms with Crippen molar-refractivity contribution in [3.05, 3.63) is 24.3 Å². The zero-order valence-electron chi connectivity index (χ0n) is 24.0. The SMILES string of the molecule is CN(C)C(=O)N[C@@H]1CCCN(c2cnc(C(N)O)c(Nc3cnn(C4CCN(C(=O)OC(C)(C)C)CC4)c3)n2)C1. The number of nitrogens with two attached hydrogens (primary N) is 1. The molecule has 2 saturated heterocycles. The second-order valence-corrected chi connectivity index (χ2v) is 11.6. The number of rotatable bonds is 6. The van der Waals surface area contributed by atoms with Crippen LogP contribution in [0.3, 0.4) is 0 Å².